The first-order chi connectivity index (χ1) is 9.80. The molecule has 1 aromatic rings. The first kappa shape index (κ1) is 19.8. The zero-order chi connectivity index (χ0) is 14.6. The molecule has 0 spiro atoms. The number of ether oxygens (including phenoxy) is 2. The van der Waals surface area contributed by atoms with Gasteiger partial charge in [0.15, 0.2) is 5.96 Å². The molecule has 0 amide bonds. The van der Waals surface area contributed by atoms with Crippen LogP contribution >= 0.6 is 24.0 Å². The normalized spacial score (nSPS) is 10.5. The van der Waals surface area contributed by atoms with Gasteiger partial charge in [-0.2, -0.15) is 0 Å². The number of benzene rings is 1. The highest BCUT2D eigenvalue weighted by Gasteiger charge is 1.97. The highest BCUT2D eigenvalue weighted by Crippen LogP contribution is 2.16. The van der Waals surface area contributed by atoms with Crippen LogP contribution in [-0.4, -0.2) is 39.3 Å². The number of hydrogen-bond donors (Lipinski definition) is 2. The molecule has 0 aliphatic carbocycles. The third-order valence-electron chi connectivity index (χ3n) is 2.56. The quantitative estimate of drug-likeness (QED) is 0.301. The zero-order valence-electron chi connectivity index (χ0n) is 13.0. The van der Waals surface area contributed by atoms with Gasteiger partial charge in [0.2, 0.25) is 0 Å². The maximum Gasteiger partial charge on any atom is 0.191 e. The Hall–Kier alpha value is -1.18. The average molecular weight is 407 g/mol. The zero-order valence-corrected chi connectivity index (χ0v) is 15.3. The van der Waals surface area contributed by atoms with Gasteiger partial charge in [-0.15, -0.1) is 24.0 Å². The summed E-state index contributed by atoms with van der Waals surface area (Å²) < 4.78 is 10.7. The number of aliphatic imine (C=N–C) groups is 1. The fraction of sp³-hybridized carbons (Fsp3) is 0.533. The topological polar surface area (TPSA) is 54.9 Å². The van der Waals surface area contributed by atoms with Crippen molar-refractivity contribution in [2.45, 2.75) is 20.3 Å². The molecule has 0 unspecified atom stereocenters. The van der Waals surface area contributed by atoms with Gasteiger partial charge >= 0.3 is 0 Å². The molecule has 0 atom stereocenters. The lowest BCUT2D eigenvalue weighted by Gasteiger charge is -2.12. The summed E-state index contributed by atoms with van der Waals surface area (Å²) in [4.78, 5) is 4.42. The molecule has 0 heterocycles. The van der Waals surface area contributed by atoms with Crippen molar-refractivity contribution in [2.24, 2.45) is 4.99 Å². The van der Waals surface area contributed by atoms with Crippen LogP contribution in [0.25, 0.3) is 0 Å². The predicted octanol–water partition coefficient (Wildman–Crippen LogP) is 2.66. The van der Waals surface area contributed by atoms with Crippen LogP contribution in [-0.2, 0) is 0 Å². The van der Waals surface area contributed by atoms with Crippen molar-refractivity contribution < 1.29 is 9.47 Å². The van der Waals surface area contributed by atoms with Crippen molar-refractivity contribution >= 4 is 29.9 Å². The SMILES string of the molecule is CCCN=C(NCC)NCCOc1ccc(OC)cc1.I. The number of methoxy groups -OCH3 is 1. The van der Waals surface area contributed by atoms with E-state index in [0.29, 0.717) is 13.2 Å². The Morgan fingerprint density at radius 3 is 2.33 bits per heavy atom. The number of halogens is 1. The Morgan fingerprint density at radius 2 is 1.76 bits per heavy atom. The number of guanidine groups is 1. The maximum absolute atomic E-state index is 5.64. The molecule has 120 valence electrons. The molecule has 1 rings (SSSR count). The fourth-order valence-corrected chi connectivity index (χ4v) is 1.58. The number of rotatable bonds is 8. The Labute approximate surface area is 144 Å². The third-order valence-corrected chi connectivity index (χ3v) is 2.56. The summed E-state index contributed by atoms with van der Waals surface area (Å²) in [5.41, 5.74) is 0. The standard InChI is InChI=1S/C15H25N3O2.HI/c1-4-10-17-15(16-5-2)18-11-12-20-14-8-6-13(19-3)7-9-14;/h6-9H,4-5,10-12H2,1-3H3,(H2,16,17,18);1H. The minimum atomic E-state index is 0. The van der Waals surface area contributed by atoms with Crippen molar-refractivity contribution in [3.8, 4) is 11.5 Å². The molecule has 0 bridgehead atoms. The van der Waals surface area contributed by atoms with Gasteiger partial charge < -0.3 is 20.1 Å². The first-order valence-corrected chi connectivity index (χ1v) is 7.09. The van der Waals surface area contributed by atoms with Crippen molar-refractivity contribution in [1.29, 1.82) is 0 Å². The fourth-order valence-electron chi connectivity index (χ4n) is 1.58. The summed E-state index contributed by atoms with van der Waals surface area (Å²) in [5, 5.41) is 6.44. The van der Waals surface area contributed by atoms with Crippen LogP contribution in [0.15, 0.2) is 29.3 Å². The van der Waals surface area contributed by atoms with Gasteiger partial charge in [-0.1, -0.05) is 6.92 Å². The summed E-state index contributed by atoms with van der Waals surface area (Å²) in [7, 11) is 1.65. The van der Waals surface area contributed by atoms with Crippen molar-refractivity contribution in [3.63, 3.8) is 0 Å². The van der Waals surface area contributed by atoms with E-state index in [2.05, 4.69) is 29.5 Å². The lowest BCUT2D eigenvalue weighted by atomic mass is 10.3. The molecular formula is C15H26IN3O2. The van der Waals surface area contributed by atoms with Gasteiger partial charge in [-0.25, -0.2) is 0 Å². The lowest BCUT2D eigenvalue weighted by Crippen LogP contribution is -2.39. The van der Waals surface area contributed by atoms with E-state index in [1.807, 2.05) is 24.3 Å². The lowest BCUT2D eigenvalue weighted by molar-refractivity contribution is 0.321. The van der Waals surface area contributed by atoms with Crippen molar-refractivity contribution in [2.75, 3.05) is 33.4 Å². The highest BCUT2D eigenvalue weighted by atomic mass is 127. The van der Waals surface area contributed by atoms with Gasteiger partial charge in [0.05, 0.1) is 13.7 Å². The van der Waals surface area contributed by atoms with Crippen LogP contribution in [0.1, 0.15) is 20.3 Å². The minimum absolute atomic E-state index is 0. The second-order valence-corrected chi connectivity index (χ2v) is 4.21. The molecule has 0 saturated heterocycles. The van der Waals surface area contributed by atoms with E-state index in [9.17, 15) is 0 Å². The van der Waals surface area contributed by atoms with Crippen LogP contribution in [0, 0.1) is 0 Å². The van der Waals surface area contributed by atoms with Crippen molar-refractivity contribution in [1.82, 2.24) is 10.6 Å². The van der Waals surface area contributed by atoms with Gasteiger partial charge in [0, 0.05) is 13.1 Å². The Morgan fingerprint density at radius 1 is 1.10 bits per heavy atom. The smallest absolute Gasteiger partial charge is 0.191 e. The Balaban J connectivity index is 0.00000400. The molecule has 21 heavy (non-hydrogen) atoms. The molecule has 1 aromatic carbocycles. The first-order valence-electron chi connectivity index (χ1n) is 7.09. The second kappa shape index (κ2) is 12.6. The second-order valence-electron chi connectivity index (χ2n) is 4.21. The monoisotopic (exact) mass is 407 g/mol. The number of nitrogens with zero attached hydrogens (tertiary/aromatic N) is 1. The van der Waals surface area contributed by atoms with Crippen LogP contribution in [0.2, 0.25) is 0 Å². The number of hydrogen-bond acceptors (Lipinski definition) is 3. The van der Waals surface area contributed by atoms with Gasteiger partial charge in [0.25, 0.3) is 0 Å². The number of nitrogens with one attached hydrogen (secondary N) is 2. The minimum Gasteiger partial charge on any atom is -0.497 e. The molecule has 5 nitrogen and oxygen atoms in total. The van der Waals surface area contributed by atoms with E-state index >= 15 is 0 Å². The van der Waals surface area contributed by atoms with E-state index in [-0.39, 0.29) is 24.0 Å². The summed E-state index contributed by atoms with van der Waals surface area (Å²) in [5.74, 6) is 2.51. The largest absolute Gasteiger partial charge is 0.497 e. The van der Waals surface area contributed by atoms with Gasteiger partial charge in [-0.05, 0) is 37.6 Å². The highest BCUT2D eigenvalue weighted by molar-refractivity contribution is 14.0. The van der Waals surface area contributed by atoms with Gasteiger partial charge in [-0.3, -0.25) is 4.99 Å². The van der Waals surface area contributed by atoms with E-state index in [1.165, 1.54) is 0 Å². The predicted molar refractivity (Wildman–Crippen MR) is 98.2 cm³/mol. The molecule has 0 aliphatic rings. The molecular weight excluding hydrogens is 381 g/mol. The van der Waals surface area contributed by atoms with E-state index in [4.69, 9.17) is 9.47 Å². The summed E-state index contributed by atoms with van der Waals surface area (Å²) in [6.07, 6.45) is 1.04. The van der Waals surface area contributed by atoms with E-state index in [0.717, 1.165) is 37.0 Å². The molecule has 0 aromatic heterocycles. The molecule has 0 radical (unpaired) electrons. The average Bonchev–Trinajstić information content (AvgIpc) is 2.49. The summed E-state index contributed by atoms with van der Waals surface area (Å²) in [6, 6.07) is 7.56. The molecule has 2 N–H and O–H groups in total. The Kier molecular flexibility index (Phi) is 11.8. The Bertz CT molecular complexity index is 396. The van der Waals surface area contributed by atoms with E-state index in [1.54, 1.807) is 7.11 Å². The molecule has 0 aliphatic heterocycles. The van der Waals surface area contributed by atoms with Crippen LogP contribution in [0.4, 0.5) is 0 Å². The van der Waals surface area contributed by atoms with Crippen LogP contribution in [0.3, 0.4) is 0 Å². The molecule has 0 saturated carbocycles. The van der Waals surface area contributed by atoms with Gasteiger partial charge in [0.1, 0.15) is 18.1 Å². The maximum atomic E-state index is 5.64. The summed E-state index contributed by atoms with van der Waals surface area (Å²) in [6.45, 7) is 7.14. The van der Waals surface area contributed by atoms with Crippen molar-refractivity contribution in [3.05, 3.63) is 24.3 Å². The third kappa shape index (κ3) is 8.64. The molecule has 0 fully saturated rings. The molecule has 6 heteroatoms. The summed E-state index contributed by atoms with van der Waals surface area (Å²) >= 11 is 0. The van der Waals surface area contributed by atoms with E-state index < -0.39 is 0 Å². The van der Waals surface area contributed by atoms with Crippen LogP contribution in [0.5, 0.6) is 11.5 Å². The van der Waals surface area contributed by atoms with Crippen LogP contribution < -0.4 is 20.1 Å².